The fraction of sp³-hybridized carbons (Fsp3) is 0.308. The van der Waals surface area contributed by atoms with Gasteiger partial charge in [-0.1, -0.05) is 0 Å². The smallest absolute Gasteiger partial charge is 0.244 e. The first kappa shape index (κ1) is 15.9. The van der Waals surface area contributed by atoms with Crippen molar-refractivity contribution in [3.05, 3.63) is 39.6 Å². The number of nitrogens with one attached hydrogen (secondary N) is 1. The van der Waals surface area contributed by atoms with Gasteiger partial charge in [-0.15, -0.1) is 11.3 Å². The average molecular weight is 330 g/mol. The van der Waals surface area contributed by atoms with Crippen LogP contribution in [-0.2, 0) is 16.6 Å². The minimum absolute atomic E-state index is 0.0982. The lowest BCUT2D eigenvalue weighted by molar-refractivity contribution is 0.400. The van der Waals surface area contributed by atoms with Gasteiger partial charge in [-0.05, 0) is 32.0 Å². The molecule has 0 saturated carbocycles. The number of halogens is 1. The first-order chi connectivity index (χ1) is 9.83. The van der Waals surface area contributed by atoms with Crippen LogP contribution in [0, 0.1) is 19.7 Å². The first-order valence-electron chi connectivity index (χ1n) is 6.09. The highest BCUT2D eigenvalue weighted by Crippen LogP contribution is 2.25. The lowest BCUT2D eigenvalue weighted by Gasteiger charge is -2.10. The number of sulfonamides is 1. The summed E-state index contributed by atoms with van der Waals surface area (Å²) in [5, 5.41) is 0.866. The Labute approximate surface area is 126 Å². The van der Waals surface area contributed by atoms with Crippen LogP contribution in [0.5, 0.6) is 5.75 Å². The van der Waals surface area contributed by atoms with Crippen LogP contribution in [0.2, 0.25) is 0 Å². The predicted molar refractivity (Wildman–Crippen MR) is 78.6 cm³/mol. The van der Waals surface area contributed by atoms with Crippen molar-refractivity contribution in [3.63, 3.8) is 0 Å². The van der Waals surface area contributed by atoms with Crippen molar-refractivity contribution < 1.29 is 17.5 Å². The molecule has 0 saturated heterocycles. The average Bonchev–Trinajstić information content (AvgIpc) is 2.75. The van der Waals surface area contributed by atoms with E-state index in [1.807, 2.05) is 13.8 Å². The van der Waals surface area contributed by atoms with E-state index in [9.17, 15) is 12.8 Å². The van der Waals surface area contributed by atoms with Gasteiger partial charge in [-0.25, -0.2) is 22.5 Å². The molecule has 0 atom stereocenters. The Hall–Kier alpha value is -1.51. The molecule has 2 rings (SSSR count). The van der Waals surface area contributed by atoms with Gasteiger partial charge in [0.05, 0.1) is 17.8 Å². The topological polar surface area (TPSA) is 68.3 Å². The number of ether oxygens (including phenoxy) is 1. The Bertz CT molecular complexity index is 757. The second kappa shape index (κ2) is 6.08. The van der Waals surface area contributed by atoms with Crippen LogP contribution in [0.15, 0.2) is 23.1 Å². The molecular formula is C13H15FN2O3S2. The van der Waals surface area contributed by atoms with E-state index < -0.39 is 15.8 Å². The van der Waals surface area contributed by atoms with Crippen LogP contribution in [-0.4, -0.2) is 20.5 Å². The third kappa shape index (κ3) is 3.58. The maximum Gasteiger partial charge on any atom is 0.244 e. The van der Waals surface area contributed by atoms with E-state index in [2.05, 4.69) is 9.71 Å². The second-order valence-electron chi connectivity index (χ2n) is 4.36. The van der Waals surface area contributed by atoms with Crippen LogP contribution in [0.25, 0.3) is 0 Å². The van der Waals surface area contributed by atoms with E-state index in [0.29, 0.717) is 0 Å². The summed E-state index contributed by atoms with van der Waals surface area (Å²) in [6.45, 7) is 3.78. The van der Waals surface area contributed by atoms with Crippen molar-refractivity contribution in [2.45, 2.75) is 25.3 Å². The number of methoxy groups -OCH3 is 1. The van der Waals surface area contributed by atoms with E-state index >= 15 is 0 Å². The number of rotatable bonds is 5. The minimum Gasteiger partial charge on any atom is -0.495 e. The Morgan fingerprint density at radius 1 is 1.38 bits per heavy atom. The quantitative estimate of drug-likeness (QED) is 0.914. The molecule has 0 aliphatic heterocycles. The third-order valence-corrected chi connectivity index (χ3v) is 5.33. The maximum atomic E-state index is 13.3. The molecule has 8 heteroatoms. The lowest BCUT2D eigenvalue weighted by Crippen LogP contribution is -2.23. The highest BCUT2D eigenvalue weighted by Gasteiger charge is 2.21. The summed E-state index contributed by atoms with van der Waals surface area (Å²) in [4.78, 5) is 4.84. The van der Waals surface area contributed by atoms with Crippen molar-refractivity contribution >= 4 is 21.4 Å². The van der Waals surface area contributed by atoms with E-state index in [4.69, 9.17) is 4.74 Å². The van der Waals surface area contributed by atoms with Gasteiger partial charge >= 0.3 is 0 Å². The summed E-state index contributed by atoms with van der Waals surface area (Å²) in [6, 6.07) is 3.37. The highest BCUT2D eigenvalue weighted by molar-refractivity contribution is 7.89. The molecule has 1 aromatic heterocycles. The molecule has 2 aromatic rings. The number of thiazole rings is 1. The molecule has 114 valence electrons. The molecule has 0 radical (unpaired) electrons. The number of nitrogens with zero attached hydrogens (tertiary/aromatic N) is 1. The van der Waals surface area contributed by atoms with Gasteiger partial charge in [0.15, 0.2) is 0 Å². The molecule has 0 bridgehead atoms. The largest absolute Gasteiger partial charge is 0.495 e. The molecule has 1 N–H and O–H groups in total. The SMILES string of the molecule is COc1ccc(F)cc1S(=O)(=O)NCc1sc(C)nc1C. The molecule has 0 fully saturated rings. The Morgan fingerprint density at radius 3 is 2.67 bits per heavy atom. The van der Waals surface area contributed by atoms with Crippen LogP contribution in [0.3, 0.4) is 0 Å². The Morgan fingerprint density at radius 2 is 2.10 bits per heavy atom. The van der Waals surface area contributed by atoms with Crippen LogP contribution >= 0.6 is 11.3 Å². The van der Waals surface area contributed by atoms with Crippen LogP contribution in [0.1, 0.15) is 15.6 Å². The second-order valence-corrected chi connectivity index (χ2v) is 7.38. The standard InChI is InChI=1S/C13H15FN2O3S2/c1-8-12(20-9(2)16-8)7-15-21(17,18)13-6-10(14)4-5-11(13)19-3/h4-6,15H,7H2,1-3H3. The van der Waals surface area contributed by atoms with E-state index in [1.54, 1.807) is 0 Å². The number of aryl methyl sites for hydroxylation is 2. The van der Waals surface area contributed by atoms with Crippen LogP contribution < -0.4 is 9.46 Å². The zero-order valence-electron chi connectivity index (χ0n) is 11.8. The maximum absolute atomic E-state index is 13.3. The normalized spacial score (nSPS) is 11.6. The molecule has 0 aliphatic carbocycles. The molecule has 1 aromatic carbocycles. The van der Waals surface area contributed by atoms with Gasteiger partial charge < -0.3 is 4.74 Å². The van der Waals surface area contributed by atoms with Crippen molar-refractivity contribution in [2.75, 3.05) is 7.11 Å². The van der Waals surface area contributed by atoms with E-state index in [0.717, 1.165) is 27.7 Å². The number of benzene rings is 1. The van der Waals surface area contributed by atoms with E-state index in [1.165, 1.54) is 24.5 Å². The number of hydrogen-bond acceptors (Lipinski definition) is 5. The number of hydrogen-bond donors (Lipinski definition) is 1. The fourth-order valence-corrected chi connectivity index (χ4v) is 3.98. The molecule has 5 nitrogen and oxygen atoms in total. The molecule has 0 unspecified atom stereocenters. The van der Waals surface area contributed by atoms with Crippen molar-refractivity contribution in [2.24, 2.45) is 0 Å². The summed E-state index contributed by atoms with van der Waals surface area (Å²) in [6.07, 6.45) is 0. The molecule has 21 heavy (non-hydrogen) atoms. The Balaban J connectivity index is 2.26. The van der Waals surface area contributed by atoms with Gasteiger partial charge in [0.1, 0.15) is 16.5 Å². The summed E-state index contributed by atoms with van der Waals surface area (Å²) in [5.41, 5.74) is 0.784. The predicted octanol–water partition coefficient (Wildman–Crippen LogP) is 2.39. The first-order valence-corrected chi connectivity index (χ1v) is 8.39. The summed E-state index contributed by atoms with van der Waals surface area (Å²) < 4.78 is 45.3. The molecule has 0 amide bonds. The van der Waals surface area contributed by atoms with Crippen LogP contribution in [0.4, 0.5) is 4.39 Å². The number of aromatic nitrogens is 1. The molecular weight excluding hydrogens is 315 g/mol. The van der Waals surface area contributed by atoms with Crippen molar-refractivity contribution in [1.82, 2.24) is 9.71 Å². The van der Waals surface area contributed by atoms with Gasteiger partial charge in [-0.2, -0.15) is 0 Å². The zero-order chi connectivity index (χ0) is 15.6. The minimum atomic E-state index is -3.87. The third-order valence-electron chi connectivity index (χ3n) is 2.84. The molecule has 0 spiro atoms. The van der Waals surface area contributed by atoms with Crippen molar-refractivity contribution in [3.8, 4) is 5.75 Å². The van der Waals surface area contributed by atoms with Gasteiger partial charge in [0.2, 0.25) is 10.0 Å². The van der Waals surface area contributed by atoms with Crippen molar-refractivity contribution in [1.29, 1.82) is 0 Å². The van der Waals surface area contributed by atoms with Gasteiger partial charge in [0, 0.05) is 11.4 Å². The van der Waals surface area contributed by atoms with Gasteiger partial charge in [-0.3, -0.25) is 0 Å². The summed E-state index contributed by atoms with van der Waals surface area (Å²) in [7, 11) is -2.53. The fourth-order valence-electron chi connectivity index (χ4n) is 1.84. The van der Waals surface area contributed by atoms with Gasteiger partial charge in [0.25, 0.3) is 0 Å². The molecule has 0 aliphatic rings. The zero-order valence-corrected chi connectivity index (χ0v) is 13.4. The summed E-state index contributed by atoms with van der Waals surface area (Å²) >= 11 is 1.42. The molecule has 1 heterocycles. The Kier molecular flexibility index (Phi) is 4.60. The lowest BCUT2D eigenvalue weighted by atomic mass is 10.3. The highest BCUT2D eigenvalue weighted by atomic mass is 32.2. The van der Waals surface area contributed by atoms with E-state index in [-0.39, 0.29) is 17.2 Å². The monoisotopic (exact) mass is 330 g/mol. The summed E-state index contributed by atoms with van der Waals surface area (Å²) in [5.74, 6) is -0.540.